The zero-order valence-corrected chi connectivity index (χ0v) is 11.2. The second-order valence-electron chi connectivity index (χ2n) is 3.59. The van der Waals surface area contributed by atoms with Crippen molar-refractivity contribution < 1.29 is 34.0 Å². The monoisotopic (exact) mass is 282 g/mol. The Bertz CT molecular complexity index is 544. The van der Waals surface area contributed by atoms with Gasteiger partial charge in [-0.3, -0.25) is 0 Å². The zero-order chi connectivity index (χ0) is 15.3. The lowest BCUT2D eigenvalue weighted by Gasteiger charge is -2.14. The van der Waals surface area contributed by atoms with Crippen LogP contribution in [0.2, 0.25) is 0 Å². The van der Waals surface area contributed by atoms with Crippen LogP contribution in [0.25, 0.3) is 6.08 Å². The molecule has 0 aliphatic rings. The van der Waals surface area contributed by atoms with Crippen molar-refractivity contribution in [2.24, 2.45) is 0 Å². The first kappa shape index (κ1) is 15.4. The second-order valence-corrected chi connectivity index (χ2v) is 3.59. The number of carboxylic acids is 2. The van der Waals surface area contributed by atoms with E-state index < -0.39 is 17.5 Å². The van der Waals surface area contributed by atoms with Crippen molar-refractivity contribution in [3.05, 3.63) is 23.3 Å². The molecule has 0 heterocycles. The Hall–Kier alpha value is -2.70. The van der Waals surface area contributed by atoms with Crippen LogP contribution in [0.1, 0.15) is 5.56 Å². The van der Waals surface area contributed by atoms with E-state index >= 15 is 0 Å². The summed E-state index contributed by atoms with van der Waals surface area (Å²) in [5, 5.41) is 17.7. The average Bonchev–Trinajstić information content (AvgIpc) is 2.42. The third-order valence-corrected chi connectivity index (χ3v) is 2.50. The molecule has 7 heteroatoms. The van der Waals surface area contributed by atoms with Crippen molar-refractivity contribution in [3.63, 3.8) is 0 Å². The largest absolute Gasteiger partial charge is 0.493 e. The predicted molar refractivity (Wildman–Crippen MR) is 69.3 cm³/mol. The average molecular weight is 282 g/mol. The molecule has 0 radical (unpaired) electrons. The zero-order valence-electron chi connectivity index (χ0n) is 11.2. The fourth-order valence-corrected chi connectivity index (χ4v) is 1.61. The van der Waals surface area contributed by atoms with Gasteiger partial charge in [-0.15, -0.1) is 0 Å². The Morgan fingerprint density at radius 3 is 1.90 bits per heavy atom. The Labute approximate surface area is 115 Å². The summed E-state index contributed by atoms with van der Waals surface area (Å²) in [7, 11) is 4.19. The van der Waals surface area contributed by atoms with E-state index in [-0.39, 0.29) is 17.1 Å². The van der Waals surface area contributed by atoms with E-state index in [1.54, 1.807) is 0 Å². The molecule has 0 unspecified atom stereocenters. The smallest absolute Gasteiger partial charge is 0.343 e. The molecule has 1 rings (SSSR count). The van der Waals surface area contributed by atoms with Gasteiger partial charge in [0.2, 0.25) is 5.75 Å². The summed E-state index contributed by atoms with van der Waals surface area (Å²) in [6, 6.07) is 3.00. The third kappa shape index (κ3) is 3.00. The number of carboxylic acid groups (broad SMARTS) is 2. The maximum Gasteiger partial charge on any atom is 0.343 e. The lowest BCUT2D eigenvalue weighted by molar-refractivity contribution is -0.140. The molecule has 0 spiro atoms. The van der Waals surface area contributed by atoms with E-state index in [1.165, 1.54) is 33.5 Å². The molecular weight excluding hydrogens is 268 g/mol. The summed E-state index contributed by atoms with van der Waals surface area (Å²) in [5.41, 5.74) is -0.527. The summed E-state index contributed by atoms with van der Waals surface area (Å²) in [5.74, 6) is -2.27. The van der Waals surface area contributed by atoms with Crippen molar-refractivity contribution in [1.82, 2.24) is 0 Å². The van der Waals surface area contributed by atoms with Gasteiger partial charge in [-0.2, -0.15) is 0 Å². The molecule has 1 aromatic carbocycles. The molecule has 2 N–H and O–H groups in total. The van der Waals surface area contributed by atoms with Crippen LogP contribution in [-0.2, 0) is 9.59 Å². The summed E-state index contributed by atoms with van der Waals surface area (Å²) in [6.45, 7) is 0. The summed E-state index contributed by atoms with van der Waals surface area (Å²) >= 11 is 0. The van der Waals surface area contributed by atoms with Crippen LogP contribution in [0.3, 0.4) is 0 Å². The number of methoxy groups -OCH3 is 3. The van der Waals surface area contributed by atoms with Crippen molar-refractivity contribution >= 4 is 18.0 Å². The number of benzene rings is 1. The molecule has 7 nitrogen and oxygen atoms in total. The highest BCUT2D eigenvalue weighted by Gasteiger charge is 2.20. The number of ether oxygens (including phenoxy) is 3. The van der Waals surface area contributed by atoms with E-state index in [9.17, 15) is 9.59 Å². The van der Waals surface area contributed by atoms with Crippen LogP contribution >= 0.6 is 0 Å². The summed E-state index contributed by atoms with van der Waals surface area (Å²) in [6.07, 6.45) is 0.992. The van der Waals surface area contributed by atoms with Crippen LogP contribution in [0.4, 0.5) is 0 Å². The normalized spacial score (nSPS) is 9.55. The van der Waals surface area contributed by atoms with E-state index in [2.05, 4.69) is 0 Å². The maximum absolute atomic E-state index is 10.9. The Balaban J connectivity index is 3.49. The Morgan fingerprint density at radius 1 is 0.950 bits per heavy atom. The third-order valence-electron chi connectivity index (χ3n) is 2.50. The Kier molecular flexibility index (Phi) is 4.96. The molecule has 0 aromatic heterocycles. The minimum Gasteiger partial charge on any atom is -0.493 e. The highest BCUT2D eigenvalue weighted by molar-refractivity contribution is 6.16. The second kappa shape index (κ2) is 6.46. The first-order valence-electron chi connectivity index (χ1n) is 5.43. The fourth-order valence-electron chi connectivity index (χ4n) is 1.61. The molecule has 0 aliphatic carbocycles. The van der Waals surface area contributed by atoms with Crippen LogP contribution in [0, 0.1) is 0 Å². The van der Waals surface area contributed by atoms with Gasteiger partial charge in [0.05, 0.1) is 21.3 Å². The molecule has 0 saturated carbocycles. The highest BCUT2D eigenvalue weighted by atomic mass is 16.5. The van der Waals surface area contributed by atoms with Crippen LogP contribution in [-0.4, -0.2) is 43.5 Å². The predicted octanol–water partition coefficient (Wildman–Crippen LogP) is 1.26. The van der Waals surface area contributed by atoms with E-state index in [0.717, 1.165) is 6.08 Å². The van der Waals surface area contributed by atoms with Gasteiger partial charge in [0, 0.05) is 5.56 Å². The highest BCUT2D eigenvalue weighted by Crippen LogP contribution is 2.40. The molecule has 0 aliphatic heterocycles. The van der Waals surface area contributed by atoms with E-state index in [0.29, 0.717) is 5.75 Å². The number of hydrogen-bond acceptors (Lipinski definition) is 5. The molecule has 0 saturated heterocycles. The lowest BCUT2D eigenvalue weighted by Crippen LogP contribution is -2.11. The van der Waals surface area contributed by atoms with Gasteiger partial charge < -0.3 is 24.4 Å². The van der Waals surface area contributed by atoms with Crippen LogP contribution < -0.4 is 14.2 Å². The molecule has 0 fully saturated rings. The van der Waals surface area contributed by atoms with Gasteiger partial charge in [0.1, 0.15) is 5.57 Å². The molecule has 0 atom stereocenters. The van der Waals surface area contributed by atoms with E-state index in [1.807, 2.05) is 0 Å². The van der Waals surface area contributed by atoms with E-state index in [4.69, 9.17) is 24.4 Å². The van der Waals surface area contributed by atoms with Crippen molar-refractivity contribution in [2.75, 3.05) is 21.3 Å². The minimum atomic E-state index is -1.55. The summed E-state index contributed by atoms with van der Waals surface area (Å²) < 4.78 is 15.3. The first-order chi connectivity index (χ1) is 9.46. The molecule has 108 valence electrons. The van der Waals surface area contributed by atoms with Crippen molar-refractivity contribution in [1.29, 1.82) is 0 Å². The van der Waals surface area contributed by atoms with Crippen molar-refractivity contribution in [2.45, 2.75) is 0 Å². The quantitative estimate of drug-likeness (QED) is 0.460. The first-order valence-corrected chi connectivity index (χ1v) is 5.43. The minimum absolute atomic E-state index is 0.187. The van der Waals surface area contributed by atoms with Gasteiger partial charge in [-0.25, -0.2) is 9.59 Å². The van der Waals surface area contributed by atoms with Crippen LogP contribution in [0.5, 0.6) is 17.2 Å². The SMILES string of the molecule is COc1ccc(C=C(C(=O)O)C(=O)O)c(OC)c1OC. The standard InChI is InChI=1S/C13H14O7/c1-18-9-5-4-7(10(19-2)11(9)20-3)6-8(12(14)15)13(16)17/h4-6H,1-3H3,(H,14,15)(H,16,17). The molecule has 0 bridgehead atoms. The molecule has 0 amide bonds. The number of aliphatic carboxylic acids is 2. The van der Waals surface area contributed by atoms with Gasteiger partial charge >= 0.3 is 11.9 Å². The lowest BCUT2D eigenvalue weighted by atomic mass is 10.1. The summed E-state index contributed by atoms with van der Waals surface area (Å²) in [4.78, 5) is 21.8. The molecule has 1 aromatic rings. The maximum atomic E-state index is 10.9. The van der Waals surface area contributed by atoms with Gasteiger partial charge in [0.25, 0.3) is 0 Å². The number of carbonyl (C=O) groups is 2. The Morgan fingerprint density at radius 2 is 1.50 bits per heavy atom. The number of rotatable bonds is 6. The van der Waals surface area contributed by atoms with Crippen molar-refractivity contribution in [3.8, 4) is 17.2 Å². The molecule has 20 heavy (non-hydrogen) atoms. The van der Waals surface area contributed by atoms with Gasteiger partial charge in [0.15, 0.2) is 11.5 Å². The fraction of sp³-hybridized carbons (Fsp3) is 0.231. The number of hydrogen-bond donors (Lipinski definition) is 2. The van der Waals surface area contributed by atoms with Gasteiger partial charge in [-0.1, -0.05) is 0 Å². The topological polar surface area (TPSA) is 102 Å². The van der Waals surface area contributed by atoms with Crippen LogP contribution in [0.15, 0.2) is 17.7 Å². The van der Waals surface area contributed by atoms with Gasteiger partial charge in [-0.05, 0) is 18.2 Å². The molecular formula is C13H14O7.